The summed E-state index contributed by atoms with van der Waals surface area (Å²) >= 11 is 0. The van der Waals surface area contributed by atoms with Crippen LogP contribution in [-0.2, 0) is 0 Å². The van der Waals surface area contributed by atoms with E-state index < -0.39 is 11.4 Å². The highest BCUT2D eigenvalue weighted by Gasteiger charge is 2.14. The SMILES string of the molecule is Cc1occc(=O)c1OC(=O)c1cccc(O)c1. The molecule has 0 saturated carbocycles. The van der Waals surface area contributed by atoms with E-state index in [1.807, 2.05) is 0 Å². The molecule has 0 amide bonds. The lowest BCUT2D eigenvalue weighted by molar-refractivity contribution is 0.0726. The summed E-state index contributed by atoms with van der Waals surface area (Å²) in [5.74, 6) is -0.712. The van der Waals surface area contributed by atoms with E-state index in [-0.39, 0.29) is 22.8 Å². The van der Waals surface area contributed by atoms with Gasteiger partial charge in [-0.05, 0) is 25.1 Å². The van der Waals surface area contributed by atoms with Crippen molar-refractivity contribution < 1.29 is 19.1 Å². The minimum atomic E-state index is -0.729. The molecule has 1 N–H and O–H groups in total. The number of ether oxygens (including phenoxy) is 1. The summed E-state index contributed by atoms with van der Waals surface area (Å²) in [5, 5.41) is 9.25. The maximum absolute atomic E-state index is 11.8. The van der Waals surface area contributed by atoms with Crippen molar-refractivity contribution in [2.75, 3.05) is 0 Å². The number of hydrogen-bond donors (Lipinski definition) is 1. The third kappa shape index (κ3) is 2.40. The number of aromatic hydroxyl groups is 1. The fourth-order valence-electron chi connectivity index (χ4n) is 1.41. The van der Waals surface area contributed by atoms with E-state index in [2.05, 4.69) is 0 Å². The Labute approximate surface area is 102 Å². The number of benzene rings is 1. The zero-order chi connectivity index (χ0) is 13.1. The maximum atomic E-state index is 11.8. The van der Waals surface area contributed by atoms with Crippen LogP contribution in [0.1, 0.15) is 16.1 Å². The van der Waals surface area contributed by atoms with Gasteiger partial charge in [0.1, 0.15) is 11.5 Å². The van der Waals surface area contributed by atoms with Gasteiger partial charge in [-0.3, -0.25) is 4.79 Å². The number of hydrogen-bond acceptors (Lipinski definition) is 5. The molecular formula is C13H10O5. The van der Waals surface area contributed by atoms with E-state index in [1.54, 1.807) is 0 Å². The molecule has 5 heteroatoms. The molecule has 18 heavy (non-hydrogen) atoms. The molecular weight excluding hydrogens is 236 g/mol. The van der Waals surface area contributed by atoms with Crippen LogP contribution in [0.15, 0.2) is 45.8 Å². The van der Waals surface area contributed by atoms with E-state index in [9.17, 15) is 14.7 Å². The lowest BCUT2D eigenvalue weighted by Crippen LogP contribution is -2.15. The van der Waals surface area contributed by atoms with Crippen molar-refractivity contribution in [2.45, 2.75) is 6.92 Å². The Kier molecular flexibility index (Phi) is 3.14. The molecule has 2 aromatic rings. The van der Waals surface area contributed by atoms with Crippen LogP contribution in [0.5, 0.6) is 11.5 Å². The second-order valence-corrected chi connectivity index (χ2v) is 3.61. The van der Waals surface area contributed by atoms with Crippen LogP contribution in [0.25, 0.3) is 0 Å². The van der Waals surface area contributed by atoms with Crippen LogP contribution in [0, 0.1) is 6.92 Å². The molecule has 92 valence electrons. The number of aryl methyl sites for hydroxylation is 1. The molecule has 0 saturated heterocycles. The summed E-state index contributed by atoms with van der Waals surface area (Å²) in [5.41, 5.74) is -0.287. The third-order valence-corrected chi connectivity index (χ3v) is 2.28. The first kappa shape index (κ1) is 11.9. The molecule has 0 aliphatic heterocycles. The van der Waals surface area contributed by atoms with Gasteiger partial charge in [-0.2, -0.15) is 0 Å². The Morgan fingerprint density at radius 3 is 2.78 bits per heavy atom. The van der Waals surface area contributed by atoms with Crippen LogP contribution < -0.4 is 10.2 Å². The van der Waals surface area contributed by atoms with Crippen LogP contribution in [0.3, 0.4) is 0 Å². The van der Waals surface area contributed by atoms with Gasteiger partial charge >= 0.3 is 5.97 Å². The van der Waals surface area contributed by atoms with Gasteiger partial charge in [0.25, 0.3) is 0 Å². The van der Waals surface area contributed by atoms with E-state index in [0.29, 0.717) is 0 Å². The normalized spacial score (nSPS) is 10.1. The van der Waals surface area contributed by atoms with Crippen molar-refractivity contribution in [3.8, 4) is 11.5 Å². The molecule has 0 bridgehead atoms. The number of carbonyl (C=O) groups is 1. The van der Waals surface area contributed by atoms with E-state index in [4.69, 9.17) is 9.15 Å². The van der Waals surface area contributed by atoms with Crippen molar-refractivity contribution in [2.24, 2.45) is 0 Å². The molecule has 1 aromatic carbocycles. The number of phenols is 1. The smallest absolute Gasteiger partial charge is 0.343 e. The van der Waals surface area contributed by atoms with Gasteiger partial charge in [0, 0.05) is 6.07 Å². The Morgan fingerprint density at radius 2 is 2.11 bits per heavy atom. The van der Waals surface area contributed by atoms with Gasteiger partial charge in [-0.25, -0.2) is 4.79 Å². The molecule has 0 aliphatic rings. The van der Waals surface area contributed by atoms with Gasteiger partial charge in [-0.15, -0.1) is 0 Å². The fourth-order valence-corrected chi connectivity index (χ4v) is 1.41. The predicted molar refractivity (Wildman–Crippen MR) is 62.8 cm³/mol. The van der Waals surface area contributed by atoms with Crippen LogP contribution >= 0.6 is 0 Å². The summed E-state index contributed by atoms with van der Waals surface area (Å²) in [6.07, 6.45) is 1.23. The van der Waals surface area contributed by atoms with Crippen molar-refractivity contribution in [1.82, 2.24) is 0 Å². The zero-order valence-electron chi connectivity index (χ0n) is 9.54. The van der Waals surface area contributed by atoms with Crippen LogP contribution in [0.4, 0.5) is 0 Å². The predicted octanol–water partition coefficient (Wildman–Crippen LogP) is 1.87. The highest BCUT2D eigenvalue weighted by molar-refractivity contribution is 5.91. The van der Waals surface area contributed by atoms with Gasteiger partial charge in [0.05, 0.1) is 11.8 Å². The molecule has 0 spiro atoms. The molecule has 0 fully saturated rings. The van der Waals surface area contributed by atoms with Gasteiger partial charge < -0.3 is 14.3 Å². The molecule has 0 unspecified atom stereocenters. The molecule has 0 radical (unpaired) electrons. The summed E-state index contributed by atoms with van der Waals surface area (Å²) in [6, 6.07) is 6.83. The average molecular weight is 246 g/mol. The molecule has 1 heterocycles. The molecule has 1 aromatic heterocycles. The second kappa shape index (κ2) is 4.75. The number of carbonyl (C=O) groups excluding carboxylic acids is 1. The second-order valence-electron chi connectivity index (χ2n) is 3.61. The van der Waals surface area contributed by atoms with E-state index in [1.165, 1.54) is 37.5 Å². The fraction of sp³-hybridized carbons (Fsp3) is 0.0769. The minimum Gasteiger partial charge on any atom is -0.508 e. The van der Waals surface area contributed by atoms with Crippen molar-refractivity contribution in [3.05, 3.63) is 58.1 Å². The summed E-state index contributed by atoms with van der Waals surface area (Å²) in [7, 11) is 0. The Hall–Kier alpha value is -2.56. The largest absolute Gasteiger partial charge is 0.508 e. The lowest BCUT2D eigenvalue weighted by Gasteiger charge is -2.05. The number of rotatable bonds is 2. The molecule has 2 rings (SSSR count). The first-order valence-corrected chi connectivity index (χ1v) is 5.17. The van der Waals surface area contributed by atoms with E-state index in [0.717, 1.165) is 6.07 Å². The van der Waals surface area contributed by atoms with E-state index >= 15 is 0 Å². The Bertz CT molecular complexity index is 642. The summed E-state index contributed by atoms with van der Waals surface area (Å²) in [6.45, 7) is 1.52. The third-order valence-electron chi connectivity index (χ3n) is 2.28. The van der Waals surface area contributed by atoms with Crippen molar-refractivity contribution in [3.63, 3.8) is 0 Å². The Balaban J connectivity index is 2.30. The van der Waals surface area contributed by atoms with Gasteiger partial charge in [-0.1, -0.05) is 6.07 Å². The van der Waals surface area contributed by atoms with Gasteiger partial charge in [0.2, 0.25) is 11.2 Å². The number of esters is 1. The quantitative estimate of drug-likeness (QED) is 0.818. The average Bonchev–Trinajstić information content (AvgIpc) is 2.34. The highest BCUT2D eigenvalue weighted by Crippen LogP contribution is 2.15. The first-order chi connectivity index (χ1) is 8.58. The zero-order valence-corrected chi connectivity index (χ0v) is 9.54. The molecule has 0 aliphatic carbocycles. The number of phenolic OH excluding ortho intramolecular Hbond substituents is 1. The maximum Gasteiger partial charge on any atom is 0.343 e. The van der Waals surface area contributed by atoms with Gasteiger partial charge in [0.15, 0.2) is 0 Å². The topological polar surface area (TPSA) is 76.7 Å². The monoisotopic (exact) mass is 246 g/mol. The Morgan fingerprint density at radius 1 is 1.33 bits per heavy atom. The molecule has 5 nitrogen and oxygen atoms in total. The standard InChI is InChI=1S/C13H10O5/c1-8-12(11(15)5-6-17-8)18-13(16)9-3-2-4-10(14)7-9/h2-7,14H,1H3. The van der Waals surface area contributed by atoms with Crippen LogP contribution in [0.2, 0.25) is 0 Å². The van der Waals surface area contributed by atoms with Crippen LogP contribution in [-0.4, -0.2) is 11.1 Å². The molecule has 0 atom stereocenters. The lowest BCUT2D eigenvalue weighted by atomic mass is 10.2. The minimum absolute atomic E-state index is 0.0544. The highest BCUT2D eigenvalue weighted by atomic mass is 16.5. The first-order valence-electron chi connectivity index (χ1n) is 5.17. The summed E-state index contributed by atoms with van der Waals surface area (Å²) in [4.78, 5) is 23.2. The van der Waals surface area contributed by atoms with Crippen molar-refractivity contribution in [1.29, 1.82) is 0 Å². The summed E-state index contributed by atoms with van der Waals surface area (Å²) < 4.78 is 9.93. The van der Waals surface area contributed by atoms with Crippen molar-refractivity contribution >= 4 is 5.97 Å².